The number of para-hydroxylation sites is 2. The highest BCUT2D eigenvalue weighted by Crippen LogP contribution is 2.25. The molecule has 3 aromatic rings. The van der Waals surface area contributed by atoms with Crippen LogP contribution in [0.15, 0.2) is 66.2 Å². The number of nitrogens with one attached hydrogen (secondary N) is 1. The van der Waals surface area contributed by atoms with Crippen LogP contribution in [-0.2, 0) is 9.59 Å². The Morgan fingerprint density at radius 3 is 2.43 bits per heavy atom. The maximum absolute atomic E-state index is 13.1. The van der Waals surface area contributed by atoms with Crippen molar-refractivity contribution in [3.8, 4) is 0 Å². The number of amides is 2. The molecule has 0 bridgehead atoms. The van der Waals surface area contributed by atoms with Gasteiger partial charge in [-0.15, -0.1) is 0 Å². The molecular weight excluding hydrogens is 374 g/mol. The average molecular weight is 389 g/mol. The van der Waals surface area contributed by atoms with Crippen molar-refractivity contribution in [2.24, 2.45) is 0 Å². The van der Waals surface area contributed by atoms with Crippen LogP contribution in [0.5, 0.6) is 0 Å². The summed E-state index contributed by atoms with van der Waals surface area (Å²) in [7, 11) is 0. The van der Waals surface area contributed by atoms with Crippen LogP contribution in [0.3, 0.4) is 0 Å². The van der Waals surface area contributed by atoms with Gasteiger partial charge in [-0.1, -0.05) is 36.4 Å². The summed E-state index contributed by atoms with van der Waals surface area (Å²) in [4.78, 5) is 39.0. The van der Waals surface area contributed by atoms with Gasteiger partial charge in [-0.25, -0.2) is 0 Å². The fraction of sp³-hybridized carbons (Fsp3) is 0.0476. The Morgan fingerprint density at radius 1 is 1.04 bits per heavy atom. The molecule has 1 saturated heterocycles. The lowest BCUT2D eigenvalue weighted by Gasteiger charge is -2.28. The van der Waals surface area contributed by atoms with E-state index in [0.717, 1.165) is 5.39 Å². The number of carbonyl (C=O) groups excluding carboxylic acids is 3. The van der Waals surface area contributed by atoms with E-state index in [1.807, 2.05) is 30.3 Å². The van der Waals surface area contributed by atoms with Gasteiger partial charge in [0.25, 0.3) is 11.8 Å². The van der Waals surface area contributed by atoms with E-state index in [-0.39, 0.29) is 16.6 Å². The molecule has 1 N–H and O–H groups in total. The van der Waals surface area contributed by atoms with Gasteiger partial charge in [0.05, 0.1) is 16.9 Å². The van der Waals surface area contributed by atoms with Gasteiger partial charge < -0.3 is 0 Å². The van der Waals surface area contributed by atoms with Crippen LogP contribution in [0.25, 0.3) is 17.0 Å². The number of rotatable bonds is 2. The van der Waals surface area contributed by atoms with Crippen molar-refractivity contribution in [2.75, 3.05) is 4.90 Å². The summed E-state index contributed by atoms with van der Waals surface area (Å²) in [5.74, 6) is -1.35. The molecule has 7 heteroatoms. The lowest BCUT2D eigenvalue weighted by Crippen LogP contribution is -2.54. The lowest BCUT2D eigenvalue weighted by atomic mass is 10.1. The van der Waals surface area contributed by atoms with E-state index in [1.54, 1.807) is 30.3 Å². The third-order valence-electron chi connectivity index (χ3n) is 4.46. The van der Waals surface area contributed by atoms with Crippen molar-refractivity contribution < 1.29 is 14.4 Å². The molecule has 2 heterocycles. The maximum atomic E-state index is 13.1. The van der Waals surface area contributed by atoms with Crippen LogP contribution in [0.4, 0.5) is 5.69 Å². The fourth-order valence-corrected chi connectivity index (χ4v) is 3.53. The smallest absolute Gasteiger partial charge is 0.270 e. The molecule has 28 heavy (non-hydrogen) atoms. The number of nitrogens with zero attached hydrogens (tertiary/aromatic N) is 2. The summed E-state index contributed by atoms with van der Waals surface area (Å²) in [5, 5.41) is 3.40. The van der Waals surface area contributed by atoms with Gasteiger partial charge in [0.15, 0.2) is 5.11 Å². The summed E-state index contributed by atoms with van der Waals surface area (Å²) >= 11 is 5.19. The Balaban J connectivity index is 1.85. The first kappa shape index (κ1) is 17.8. The zero-order chi connectivity index (χ0) is 19.8. The molecule has 6 nitrogen and oxygen atoms in total. The summed E-state index contributed by atoms with van der Waals surface area (Å²) in [6, 6.07) is 18.0. The lowest BCUT2D eigenvalue weighted by molar-refractivity contribution is -0.122. The van der Waals surface area contributed by atoms with Crippen molar-refractivity contribution in [2.45, 2.75) is 6.92 Å². The highest BCUT2D eigenvalue weighted by atomic mass is 32.1. The second kappa shape index (κ2) is 6.86. The highest BCUT2D eigenvalue weighted by molar-refractivity contribution is 7.80. The minimum absolute atomic E-state index is 0.0189. The first-order chi connectivity index (χ1) is 13.5. The first-order valence-electron chi connectivity index (χ1n) is 8.55. The third-order valence-corrected chi connectivity index (χ3v) is 4.75. The molecule has 1 aliphatic heterocycles. The minimum Gasteiger partial charge on any atom is -0.298 e. The highest BCUT2D eigenvalue weighted by Gasteiger charge is 2.34. The van der Waals surface area contributed by atoms with E-state index in [1.165, 1.54) is 22.5 Å². The number of carbonyl (C=O) groups is 3. The maximum Gasteiger partial charge on any atom is 0.270 e. The number of benzene rings is 2. The van der Waals surface area contributed by atoms with Gasteiger partial charge in [0.2, 0.25) is 5.91 Å². The molecule has 1 aromatic heterocycles. The number of anilines is 1. The van der Waals surface area contributed by atoms with Crippen molar-refractivity contribution in [1.29, 1.82) is 0 Å². The summed E-state index contributed by atoms with van der Waals surface area (Å²) in [6.45, 7) is 1.43. The van der Waals surface area contributed by atoms with Crippen LogP contribution >= 0.6 is 12.2 Å². The predicted octanol–water partition coefficient (Wildman–Crippen LogP) is 3.13. The van der Waals surface area contributed by atoms with Crippen LogP contribution in [0.1, 0.15) is 17.4 Å². The molecule has 0 unspecified atom stereocenters. The summed E-state index contributed by atoms with van der Waals surface area (Å²) in [6.07, 6.45) is 1.43. The first-order valence-corrected chi connectivity index (χ1v) is 8.96. The molecule has 1 aliphatic rings. The Bertz CT molecular complexity index is 1180. The van der Waals surface area contributed by atoms with E-state index in [2.05, 4.69) is 5.32 Å². The van der Waals surface area contributed by atoms with Crippen LogP contribution in [-0.4, -0.2) is 27.4 Å². The van der Waals surface area contributed by atoms with Gasteiger partial charge in [0, 0.05) is 12.3 Å². The number of aromatic nitrogens is 1. The number of thiocarbonyl (C=S) groups is 1. The van der Waals surface area contributed by atoms with Gasteiger partial charge in [-0.3, -0.25) is 29.2 Å². The molecule has 0 radical (unpaired) electrons. The predicted molar refractivity (Wildman–Crippen MR) is 111 cm³/mol. The molecule has 2 amide bonds. The quantitative estimate of drug-likeness (QED) is 0.415. The Labute approximate surface area is 166 Å². The zero-order valence-corrected chi connectivity index (χ0v) is 15.7. The normalized spacial score (nSPS) is 16.0. The van der Waals surface area contributed by atoms with E-state index >= 15 is 0 Å². The van der Waals surface area contributed by atoms with E-state index in [4.69, 9.17) is 12.2 Å². The molecule has 0 saturated carbocycles. The standard InChI is InChI=1S/C21H15N3O3S/c1-13(25)23-16(11-14-7-5-6-10-18(14)23)12-17-19(26)22-21(28)24(20(17)27)15-8-3-2-4-9-15/h2-12H,1H3,(H,22,26,28)/b17-12+. The second-order valence-electron chi connectivity index (χ2n) is 6.28. The van der Waals surface area contributed by atoms with Gasteiger partial charge in [0.1, 0.15) is 5.57 Å². The van der Waals surface area contributed by atoms with Gasteiger partial charge >= 0.3 is 0 Å². The molecule has 138 valence electrons. The monoisotopic (exact) mass is 389 g/mol. The van der Waals surface area contributed by atoms with Crippen molar-refractivity contribution in [3.63, 3.8) is 0 Å². The molecular formula is C21H15N3O3S. The number of hydrogen-bond donors (Lipinski definition) is 1. The van der Waals surface area contributed by atoms with Crippen LogP contribution in [0, 0.1) is 0 Å². The Morgan fingerprint density at radius 2 is 1.71 bits per heavy atom. The molecule has 0 atom stereocenters. The second-order valence-corrected chi connectivity index (χ2v) is 6.66. The molecule has 2 aromatic carbocycles. The minimum atomic E-state index is -0.595. The van der Waals surface area contributed by atoms with E-state index in [9.17, 15) is 14.4 Å². The van der Waals surface area contributed by atoms with Crippen LogP contribution in [0.2, 0.25) is 0 Å². The van der Waals surface area contributed by atoms with E-state index in [0.29, 0.717) is 16.9 Å². The summed E-state index contributed by atoms with van der Waals surface area (Å²) in [5.41, 5.74) is 1.62. The number of hydrogen-bond acceptors (Lipinski definition) is 4. The topological polar surface area (TPSA) is 71.4 Å². The van der Waals surface area contributed by atoms with Gasteiger partial charge in [-0.2, -0.15) is 0 Å². The Hall–Kier alpha value is -3.58. The average Bonchev–Trinajstić information content (AvgIpc) is 3.04. The number of fused-ring (bicyclic) bond motifs is 1. The Kier molecular flexibility index (Phi) is 4.37. The largest absolute Gasteiger partial charge is 0.298 e. The third kappa shape index (κ3) is 2.91. The fourth-order valence-electron chi connectivity index (χ4n) is 3.25. The van der Waals surface area contributed by atoms with Gasteiger partial charge in [-0.05, 0) is 42.6 Å². The van der Waals surface area contributed by atoms with Crippen molar-refractivity contribution in [1.82, 2.24) is 9.88 Å². The van der Waals surface area contributed by atoms with Crippen LogP contribution < -0.4 is 10.2 Å². The molecule has 4 rings (SSSR count). The van der Waals surface area contributed by atoms with Crippen molar-refractivity contribution in [3.05, 3.63) is 71.9 Å². The molecule has 0 spiro atoms. The summed E-state index contributed by atoms with van der Waals surface area (Å²) < 4.78 is 1.47. The molecule has 0 aliphatic carbocycles. The van der Waals surface area contributed by atoms with Crippen molar-refractivity contribution >= 4 is 57.7 Å². The SMILES string of the molecule is CC(=O)n1c(/C=C2\C(=O)NC(=S)N(c3ccccc3)C2=O)cc2ccccc21. The van der Waals surface area contributed by atoms with E-state index < -0.39 is 11.8 Å². The molecule has 1 fully saturated rings. The zero-order valence-electron chi connectivity index (χ0n) is 14.9.